The van der Waals surface area contributed by atoms with Crippen LogP contribution in [0, 0.1) is 0 Å². The van der Waals surface area contributed by atoms with Crippen molar-refractivity contribution >= 4 is 27.7 Å². The fourth-order valence-corrected chi connectivity index (χ4v) is 1.60. The second kappa shape index (κ2) is 4.25. The molecule has 2 rings (SSSR count). The molecular formula is C8H6N2O7S. The number of carbonyl (C=O) groups excluding carboxylic acids is 2. The summed E-state index contributed by atoms with van der Waals surface area (Å²) in [5.74, 6) is -2.44. The van der Waals surface area contributed by atoms with E-state index in [0.717, 1.165) is 17.3 Å². The Labute approximate surface area is 101 Å². The van der Waals surface area contributed by atoms with Crippen molar-refractivity contribution in [1.82, 2.24) is 5.59 Å². The van der Waals surface area contributed by atoms with Crippen LogP contribution in [0.1, 0.15) is 0 Å². The molecule has 0 spiro atoms. The van der Waals surface area contributed by atoms with Gasteiger partial charge in [0.15, 0.2) is 0 Å². The van der Waals surface area contributed by atoms with Crippen LogP contribution in [-0.4, -0.2) is 24.9 Å². The highest BCUT2D eigenvalue weighted by molar-refractivity contribution is 7.85. The number of hydrogen-bond donors (Lipinski definition) is 2. The smallest absolute Gasteiger partial charge is 0.338 e. The molecule has 0 aliphatic carbocycles. The van der Waals surface area contributed by atoms with Crippen LogP contribution in [0.5, 0.6) is 0 Å². The second-order valence-corrected chi connectivity index (χ2v) is 4.54. The number of nitrogens with one attached hydrogen (secondary N) is 1. The van der Waals surface area contributed by atoms with Crippen molar-refractivity contribution in [3.8, 4) is 0 Å². The summed E-state index contributed by atoms with van der Waals surface area (Å²) in [6.45, 7) is 0. The van der Waals surface area contributed by atoms with Crippen LogP contribution in [0.4, 0.5) is 5.69 Å². The molecule has 0 aromatic heterocycles. The van der Waals surface area contributed by atoms with Crippen LogP contribution >= 0.6 is 0 Å². The minimum atomic E-state index is -4.30. The first-order chi connectivity index (χ1) is 8.38. The molecule has 1 aliphatic rings. The highest BCUT2D eigenvalue weighted by atomic mass is 32.2. The van der Waals surface area contributed by atoms with E-state index in [1.165, 1.54) is 12.1 Å². The highest BCUT2D eigenvalue weighted by Crippen LogP contribution is 2.18. The molecular weight excluding hydrogens is 268 g/mol. The van der Waals surface area contributed by atoms with Gasteiger partial charge in [0, 0.05) is 0 Å². The van der Waals surface area contributed by atoms with Gasteiger partial charge in [-0.3, -0.25) is 4.55 Å². The van der Waals surface area contributed by atoms with Crippen LogP contribution in [0.2, 0.25) is 0 Å². The third-order valence-corrected chi connectivity index (χ3v) is 2.80. The molecule has 0 saturated carbocycles. The lowest BCUT2D eigenvalue weighted by atomic mass is 10.3. The molecule has 2 N–H and O–H groups in total. The van der Waals surface area contributed by atoms with Crippen molar-refractivity contribution in [1.29, 1.82) is 0 Å². The predicted octanol–water partition coefficient (Wildman–Crippen LogP) is -0.826. The van der Waals surface area contributed by atoms with Gasteiger partial charge in [0.25, 0.3) is 10.1 Å². The van der Waals surface area contributed by atoms with Crippen molar-refractivity contribution in [2.75, 3.05) is 5.17 Å². The first-order valence-corrected chi connectivity index (χ1v) is 5.88. The predicted molar refractivity (Wildman–Crippen MR) is 54.1 cm³/mol. The molecule has 1 aromatic rings. The summed E-state index contributed by atoms with van der Waals surface area (Å²) in [7, 11) is -4.30. The normalized spacial score (nSPS) is 16.2. The van der Waals surface area contributed by atoms with Crippen LogP contribution in [0.25, 0.3) is 0 Å². The standard InChI is InChI=1S/C8H6N2O7S/c11-7-8(12)17-10(9-16-7)5-1-3-6(4-2-5)18(13,14)15/h1-4,9H,(H,13,14,15). The Morgan fingerprint density at radius 2 is 1.72 bits per heavy atom. The minimum Gasteiger partial charge on any atom is -0.338 e. The molecule has 18 heavy (non-hydrogen) atoms. The van der Waals surface area contributed by atoms with E-state index in [4.69, 9.17) is 4.55 Å². The van der Waals surface area contributed by atoms with E-state index in [0.29, 0.717) is 0 Å². The SMILES string of the molecule is O=C1ONN(c2ccc(S(=O)(=O)O)cc2)OC1=O. The van der Waals surface area contributed by atoms with Crippen molar-refractivity contribution < 1.29 is 32.2 Å². The van der Waals surface area contributed by atoms with Gasteiger partial charge in [0.2, 0.25) is 0 Å². The number of anilines is 1. The lowest BCUT2D eigenvalue weighted by molar-refractivity contribution is -0.192. The number of hydrazine groups is 1. The zero-order valence-electron chi connectivity index (χ0n) is 8.56. The quantitative estimate of drug-likeness (QED) is 0.525. The van der Waals surface area contributed by atoms with Gasteiger partial charge in [0.1, 0.15) is 0 Å². The lowest BCUT2D eigenvalue weighted by Crippen LogP contribution is -2.49. The average molecular weight is 274 g/mol. The van der Waals surface area contributed by atoms with E-state index in [1.54, 1.807) is 0 Å². The number of rotatable bonds is 2. The maximum absolute atomic E-state index is 10.9. The van der Waals surface area contributed by atoms with Gasteiger partial charge in [-0.1, -0.05) is 0 Å². The van der Waals surface area contributed by atoms with Crippen molar-refractivity contribution in [2.24, 2.45) is 0 Å². The molecule has 10 heteroatoms. The number of hydrogen-bond acceptors (Lipinski definition) is 8. The summed E-state index contributed by atoms with van der Waals surface area (Å²) in [6, 6.07) is 4.61. The molecule has 0 radical (unpaired) electrons. The molecule has 9 nitrogen and oxygen atoms in total. The third kappa shape index (κ3) is 2.40. The summed E-state index contributed by atoms with van der Waals surface area (Å²) in [5, 5.41) is 0.720. The van der Waals surface area contributed by atoms with Crippen molar-refractivity contribution in [3.05, 3.63) is 24.3 Å². The topological polar surface area (TPSA) is 122 Å². The largest absolute Gasteiger partial charge is 0.444 e. The molecule has 1 heterocycles. The van der Waals surface area contributed by atoms with E-state index in [1.807, 2.05) is 5.59 Å². The Balaban J connectivity index is 2.20. The van der Waals surface area contributed by atoms with Gasteiger partial charge in [-0.05, 0) is 29.9 Å². The summed E-state index contributed by atoms with van der Waals surface area (Å²) in [4.78, 5) is 30.0. The van der Waals surface area contributed by atoms with Crippen LogP contribution < -0.4 is 10.8 Å². The molecule has 1 saturated heterocycles. The fraction of sp³-hybridized carbons (Fsp3) is 0. The minimum absolute atomic E-state index is 0.184. The van der Waals surface area contributed by atoms with Gasteiger partial charge in [0.05, 0.1) is 10.6 Å². The highest BCUT2D eigenvalue weighted by Gasteiger charge is 2.29. The van der Waals surface area contributed by atoms with Gasteiger partial charge < -0.3 is 9.68 Å². The molecule has 0 atom stereocenters. The third-order valence-electron chi connectivity index (χ3n) is 1.93. The zero-order chi connectivity index (χ0) is 13.3. The van der Waals surface area contributed by atoms with E-state index >= 15 is 0 Å². The Morgan fingerprint density at radius 3 is 2.22 bits per heavy atom. The number of nitrogens with zero attached hydrogens (tertiary/aromatic N) is 1. The molecule has 96 valence electrons. The van der Waals surface area contributed by atoms with Gasteiger partial charge in [-0.25, -0.2) is 9.59 Å². The fourth-order valence-electron chi connectivity index (χ4n) is 1.12. The zero-order valence-corrected chi connectivity index (χ0v) is 9.38. The van der Waals surface area contributed by atoms with Crippen LogP contribution in [0.3, 0.4) is 0 Å². The summed E-state index contributed by atoms with van der Waals surface area (Å²) >= 11 is 0. The molecule has 1 aromatic carbocycles. The average Bonchev–Trinajstić information content (AvgIpc) is 2.32. The van der Waals surface area contributed by atoms with E-state index in [2.05, 4.69) is 9.68 Å². The second-order valence-electron chi connectivity index (χ2n) is 3.12. The number of carbonyl (C=O) groups is 2. The summed E-state index contributed by atoms with van der Waals surface area (Å²) in [5.41, 5.74) is 2.19. The van der Waals surface area contributed by atoms with E-state index in [-0.39, 0.29) is 10.6 Å². The Bertz CT molecular complexity index is 594. The lowest BCUT2D eigenvalue weighted by Gasteiger charge is -2.25. The van der Waals surface area contributed by atoms with E-state index in [9.17, 15) is 18.0 Å². The molecule has 0 amide bonds. The maximum Gasteiger partial charge on any atom is 0.444 e. The maximum atomic E-state index is 10.9. The Morgan fingerprint density at radius 1 is 1.11 bits per heavy atom. The monoisotopic (exact) mass is 274 g/mol. The van der Waals surface area contributed by atoms with Crippen LogP contribution in [0.15, 0.2) is 29.2 Å². The Kier molecular flexibility index (Phi) is 2.90. The van der Waals surface area contributed by atoms with E-state index < -0.39 is 22.1 Å². The first kappa shape index (κ1) is 12.3. The molecule has 0 unspecified atom stereocenters. The van der Waals surface area contributed by atoms with Gasteiger partial charge in [-0.15, -0.1) is 5.17 Å². The van der Waals surface area contributed by atoms with Gasteiger partial charge >= 0.3 is 11.9 Å². The summed E-state index contributed by atoms with van der Waals surface area (Å²) in [6.07, 6.45) is 0. The number of benzene rings is 1. The Hall–Kier alpha value is -2.17. The van der Waals surface area contributed by atoms with Crippen molar-refractivity contribution in [2.45, 2.75) is 4.90 Å². The molecule has 0 bridgehead atoms. The van der Waals surface area contributed by atoms with Crippen LogP contribution in [-0.2, 0) is 29.4 Å². The molecule has 1 fully saturated rings. The first-order valence-electron chi connectivity index (χ1n) is 4.44. The van der Waals surface area contributed by atoms with Crippen molar-refractivity contribution in [3.63, 3.8) is 0 Å². The molecule has 1 aliphatic heterocycles. The summed E-state index contributed by atoms with van der Waals surface area (Å²) < 4.78 is 30.3. The van der Waals surface area contributed by atoms with Gasteiger partial charge in [-0.2, -0.15) is 8.42 Å².